The van der Waals surface area contributed by atoms with E-state index in [0.29, 0.717) is 29.6 Å². The molecule has 0 aliphatic carbocycles. The number of benzene rings is 1. The Morgan fingerprint density at radius 1 is 1.47 bits per heavy atom. The quantitative estimate of drug-likeness (QED) is 0.833. The summed E-state index contributed by atoms with van der Waals surface area (Å²) in [6.07, 6.45) is 1.71. The Bertz CT molecular complexity index is 487. The maximum Gasteiger partial charge on any atom is 0.337 e. The first-order chi connectivity index (χ1) is 9.00. The van der Waals surface area contributed by atoms with E-state index in [0.717, 1.165) is 12.8 Å². The lowest BCUT2D eigenvalue weighted by Gasteiger charge is -2.34. The standard InChI is InChI=1S/C13H17ClN2O3/c1-16(9-2-4-19-5-3-9)12-10(13(17)18)6-8(15)7-11(12)14/h6-7,9H,2-5,15H2,1H3,(H,17,18). The summed E-state index contributed by atoms with van der Waals surface area (Å²) in [6, 6.07) is 3.26. The fourth-order valence-corrected chi connectivity index (χ4v) is 2.76. The summed E-state index contributed by atoms with van der Waals surface area (Å²) >= 11 is 6.18. The second kappa shape index (κ2) is 5.67. The zero-order chi connectivity index (χ0) is 14.0. The summed E-state index contributed by atoms with van der Waals surface area (Å²) in [4.78, 5) is 13.3. The van der Waals surface area contributed by atoms with Crippen LogP contribution in [0.15, 0.2) is 12.1 Å². The van der Waals surface area contributed by atoms with Crippen molar-refractivity contribution in [2.24, 2.45) is 0 Å². The maximum atomic E-state index is 11.3. The Morgan fingerprint density at radius 2 is 2.11 bits per heavy atom. The maximum absolute atomic E-state index is 11.3. The van der Waals surface area contributed by atoms with Crippen molar-refractivity contribution in [1.29, 1.82) is 0 Å². The Kier molecular flexibility index (Phi) is 4.17. The monoisotopic (exact) mass is 284 g/mol. The topological polar surface area (TPSA) is 75.8 Å². The molecular weight excluding hydrogens is 268 g/mol. The van der Waals surface area contributed by atoms with E-state index in [9.17, 15) is 9.90 Å². The summed E-state index contributed by atoms with van der Waals surface area (Å²) < 4.78 is 5.32. The van der Waals surface area contributed by atoms with E-state index in [4.69, 9.17) is 22.1 Å². The zero-order valence-electron chi connectivity index (χ0n) is 10.7. The van der Waals surface area contributed by atoms with Gasteiger partial charge in [0, 0.05) is 32.0 Å². The minimum Gasteiger partial charge on any atom is -0.478 e. The minimum atomic E-state index is -1.02. The van der Waals surface area contributed by atoms with Crippen molar-refractivity contribution in [2.75, 3.05) is 30.9 Å². The summed E-state index contributed by atoms with van der Waals surface area (Å²) in [5.74, 6) is -1.02. The highest BCUT2D eigenvalue weighted by molar-refractivity contribution is 6.34. The van der Waals surface area contributed by atoms with Crippen LogP contribution in [0.2, 0.25) is 5.02 Å². The van der Waals surface area contributed by atoms with Crippen LogP contribution in [0.1, 0.15) is 23.2 Å². The van der Waals surface area contributed by atoms with E-state index in [1.807, 2.05) is 11.9 Å². The Hall–Kier alpha value is -1.46. The molecule has 1 aliphatic heterocycles. The smallest absolute Gasteiger partial charge is 0.337 e. The number of nitrogen functional groups attached to an aromatic ring is 1. The molecule has 0 spiro atoms. The number of rotatable bonds is 3. The van der Waals surface area contributed by atoms with Gasteiger partial charge in [0.1, 0.15) is 0 Å². The van der Waals surface area contributed by atoms with Crippen LogP contribution in [0, 0.1) is 0 Å². The van der Waals surface area contributed by atoms with Crippen LogP contribution in [-0.4, -0.2) is 37.4 Å². The van der Waals surface area contributed by atoms with Crippen molar-refractivity contribution < 1.29 is 14.6 Å². The fraction of sp³-hybridized carbons (Fsp3) is 0.462. The van der Waals surface area contributed by atoms with Crippen molar-refractivity contribution in [3.63, 3.8) is 0 Å². The van der Waals surface area contributed by atoms with Gasteiger partial charge in [-0.3, -0.25) is 0 Å². The Labute approximate surface area is 116 Å². The van der Waals surface area contributed by atoms with Gasteiger partial charge in [-0.25, -0.2) is 4.79 Å². The molecule has 1 heterocycles. The number of hydrogen-bond donors (Lipinski definition) is 2. The van der Waals surface area contributed by atoms with Gasteiger partial charge in [-0.05, 0) is 25.0 Å². The van der Waals surface area contributed by atoms with Gasteiger partial charge in [0.05, 0.1) is 16.3 Å². The molecule has 1 aromatic rings. The molecule has 1 fully saturated rings. The third kappa shape index (κ3) is 2.93. The molecule has 5 nitrogen and oxygen atoms in total. The lowest BCUT2D eigenvalue weighted by Crippen LogP contribution is -2.37. The molecule has 104 valence electrons. The van der Waals surface area contributed by atoms with Gasteiger partial charge >= 0.3 is 5.97 Å². The largest absolute Gasteiger partial charge is 0.478 e. The number of nitrogens with two attached hydrogens (primary N) is 1. The fourth-order valence-electron chi connectivity index (χ4n) is 2.40. The van der Waals surface area contributed by atoms with Crippen molar-refractivity contribution in [1.82, 2.24) is 0 Å². The first kappa shape index (κ1) is 14.0. The molecule has 6 heteroatoms. The van der Waals surface area contributed by atoms with E-state index in [2.05, 4.69) is 0 Å². The van der Waals surface area contributed by atoms with Gasteiger partial charge in [-0.15, -0.1) is 0 Å². The van der Waals surface area contributed by atoms with E-state index >= 15 is 0 Å². The molecule has 0 unspecified atom stereocenters. The molecule has 0 saturated carbocycles. The van der Waals surface area contributed by atoms with Crippen molar-refractivity contribution in [2.45, 2.75) is 18.9 Å². The molecule has 2 rings (SSSR count). The van der Waals surface area contributed by atoms with Crippen molar-refractivity contribution in [3.8, 4) is 0 Å². The molecule has 1 saturated heterocycles. The molecule has 1 aliphatic rings. The van der Waals surface area contributed by atoms with Gasteiger partial charge < -0.3 is 20.5 Å². The molecule has 0 radical (unpaired) electrons. The van der Waals surface area contributed by atoms with Gasteiger partial charge in [0.25, 0.3) is 0 Å². The third-order valence-electron chi connectivity index (χ3n) is 3.41. The van der Waals surface area contributed by atoms with Crippen LogP contribution >= 0.6 is 11.6 Å². The van der Waals surface area contributed by atoms with E-state index in [1.165, 1.54) is 6.07 Å². The van der Waals surface area contributed by atoms with Crippen LogP contribution < -0.4 is 10.6 Å². The first-order valence-corrected chi connectivity index (χ1v) is 6.51. The van der Waals surface area contributed by atoms with Crippen LogP contribution in [-0.2, 0) is 4.74 Å². The van der Waals surface area contributed by atoms with Crippen LogP contribution in [0.25, 0.3) is 0 Å². The van der Waals surface area contributed by atoms with Gasteiger partial charge in [0.2, 0.25) is 0 Å². The number of carbonyl (C=O) groups is 1. The molecule has 0 amide bonds. The zero-order valence-corrected chi connectivity index (χ0v) is 11.5. The lowest BCUT2D eigenvalue weighted by molar-refractivity contribution is 0.0696. The normalized spacial score (nSPS) is 16.3. The number of hydrogen-bond acceptors (Lipinski definition) is 4. The molecule has 0 aromatic heterocycles. The first-order valence-electron chi connectivity index (χ1n) is 6.13. The van der Waals surface area contributed by atoms with E-state index in [1.54, 1.807) is 6.07 Å². The lowest BCUT2D eigenvalue weighted by atomic mass is 10.0. The number of carboxylic acids is 1. The third-order valence-corrected chi connectivity index (χ3v) is 3.70. The molecule has 0 atom stereocenters. The number of aromatic carboxylic acids is 1. The summed E-state index contributed by atoms with van der Waals surface area (Å²) in [5, 5.41) is 9.66. The van der Waals surface area contributed by atoms with Crippen LogP contribution in [0.5, 0.6) is 0 Å². The van der Waals surface area contributed by atoms with Crippen LogP contribution in [0.3, 0.4) is 0 Å². The Morgan fingerprint density at radius 3 is 2.68 bits per heavy atom. The average Bonchev–Trinajstić information content (AvgIpc) is 2.38. The second-order valence-corrected chi connectivity index (χ2v) is 5.07. The molecular formula is C13H17ClN2O3. The predicted molar refractivity (Wildman–Crippen MR) is 75.1 cm³/mol. The summed E-state index contributed by atoms with van der Waals surface area (Å²) in [5.41, 5.74) is 6.67. The summed E-state index contributed by atoms with van der Waals surface area (Å²) in [7, 11) is 1.86. The van der Waals surface area contributed by atoms with Gasteiger partial charge in [0.15, 0.2) is 0 Å². The van der Waals surface area contributed by atoms with Crippen molar-refractivity contribution >= 4 is 28.9 Å². The molecule has 0 bridgehead atoms. The van der Waals surface area contributed by atoms with E-state index < -0.39 is 5.97 Å². The SMILES string of the molecule is CN(c1c(Cl)cc(N)cc1C(=O)O)C1CCOCC1. The van der Waals surface area contributed by atoms with Gasteiger partial charge in [-0.1, -0.05) is 11.6 Å². The molecule has 1 aromatic carbocycles. The van der Waals surface area contributed by atoms with E-state index in [-0.39, 0.29) is 11.6 Å². The number of ether oxygens (including phenoxy) is 1. The van der Waals surface area contributed by atoms with Crippen LogP contribution in [0.4, 0.5) is 11.4 Å². The van der Waals surface area contributed by atoms with Gasteiger partial charge in [-0.2, -0.15) is 0 Å². The number of halogens is 1. The molecule has 19 heavy (non-hydrogen) atoms. The molecule has 3 N–H and O–H groups in total. The number of carboxylic acid groups (broad SMARTS) is 1. The second-order valence-electron chi connectivity index (χ2n) is 4.66. The Balaban J connectivity index is 2.39. The van der Waals surface area contributed by atoms with Crippen molar-refractivity contribution in [3.05, 3.63) is 22.7 Å². The highest BCUT2D eigenvalue weighted by atomic mass is 35.5. The number of nitrogens with zero attached hydrogens (tertiary/aromatic N) is 1. The highest BCUT2D eigenvalue weighted by Gasteiger charge is 2.25. The predicted octanol–water partition coefficient (Wildman–Crippen LogP) is 2.24. The summed E-state index contributed by atoms with van der Waals surface area (Å²) in [6.45, 7) is 1.37. The number of anilines is 2. The minimum absolute atomic E-state index is 0.138. The highest BCUT2D eigenvalue weighted by Crippen LogP contribution is 2.34. The average molecular weight is 285 g/mol.